The Labute approximate surface area is 165 Å². The van der Waals surface area contributed by atoms with Crippen LogP contribution in [0.5, 0.6) is 0 Å². The molecule has 28 heavy (non-hydrogen) atoms. The third-order valence-corrected chi connectivity index (χ3v) is 5.53. The fraction of sp³-hybridized carbons (Fsp3) is 0.263. The number of aliphatic hydroxyl groups excluding tert-OH is 1. The molecule has 3 aromatic heterocycles. The minimum atomic E-state index is -0.955. The van der Waals surface area contributed by atoms with Crippen LogP contribution in [0.25, 0.3) is 10.6 Å². The van der Waals surface area contributed by atoms with Gasteiger partial charge in [-0.2, -0.15) is 0 Å². The van der Waals surface area contributed by atoms with E-state index in [0.717, 1.165) is 16.1 Å². The molecule has 1 aliphatic rings. The Morgan fingerprint density at radius 2 is 2.14 bits per heavy atom. The first kappa shape index (κ1) is 18.3. The number of hydrogen-bond acceptors (Lipinski definition) is 8. The van der Waals surface area contributed by atoms with Crippen molar-refractivity contribution in [3.05, 3.63) is 48.3 Å². The average molecular weight is 397 g/mol. The smallest absolute Gasteiger partial charge is 0.326 e. The SMILES string of the molecule is Cc1ccnc(Nc2cccc(-c3cnc(N4C[C@H](O)C[C@H]4C(=O)O)s3)n2)c1. The molecule has 0 bridgehead atoms. The lowest BCUT2D eigenvalue weighted by Crippen LogP contribution is -2.35. The number of carbonyl (C=O) groups is 1. The molecule has 1 aliphatic heterocycles. The molecule has 4 rings (SSSR count). The van der Waals surface area contributed by atoms with Crippen molar-refractivity contribution in [3.8, 4) is 10.6 Å². The zero-order valence-electron chi connectivity index (χ0n) is 15.1. The second-order valence-electron chi connectivity index (χ2n) is 6.65. The van der Waals surface area contributed by atoms with Gasteiger partial charge >= 0.3 is 5.97 Å². The summed E-state index contributed by atoms with van der Waals surface area (Å²) < 4.78 is 0. The van der Waals surface area contributed by atoms with Crippen molar-refractivity contribution in [1.82, 2.24) is 15.0 Å². The zero-order valence-corrected chi connectivity index (χ0v) is 15.9. The number of β-amino-alcohol motifs (C(OH)–C–C–N with tert-alkyl or cyclic N) is 1. The third-order valence-electron chi connectivity index (χ3n) is 4.48. The maximum absolute atomic E-state index is 11.4. The van der Waals surface area contributed by atoms with Gasteiger partial charge in [0, 0.05) is 25.4 Å². The number of pyridine rings is 2. The van der Waals surface area contributed by atoms with Crippen LogP contribution < -0.4 is 10.2 Å². The molecule has 0 saturated carbocycles. The first-order valence-electron chi connectivity index (χ1n) is 8.80. The molecule has 0 spiro atoms. The van der Waals surface area contributed by atoms with Crippen molar-refractivity contribution >= 4 is 34.1 Å². The number of anilines is 3. The van der Waals surface area contributed by atoms with Gasteiger partial charge in [-0.25, -0.2) is 19.7 Å². The normalized spacial score (nSPS) is 19.0. The number of nitrogens with zero attached hydrogens (tertiary/aromatic N) is 4. The van der Waals surface area contributed by atoms with E-state index in [1.165, 1.54) is 11.3 Å². The quantitative estimate of drug-likeness (QED) is 0.603. The Morgan fingerprint density at radius 3 is 2.93 bits per heavy atom. The maximum atomic E-state index is 11.4. The van der Waals surface area contributed by atoms with Gasteiger partial charge in [0.1, 0.15) is 17.7 Å². The zero-order chi connectivity index (χ0) is 19.7. The van der Waals surface area contributed by atoms with Gasteiger partial charge < -0.3 is 20.4 Å². The summed E-state index contributed by atoms with van der Waals surface area (Å²) in [6, 6.07) is 8.71. The summed E-state index contributed by atoms with van der Waals surface area (Å²) in [7, 11) is 0. The maximum Gasteiger partial charge on any atom is 0.326 e. The molecule has 0 unspecified atom stereocenters. The summed E-state index contributed by atoms with van der Waals surface area (Å²) in [6.07, 6.45) is 2.95. The van der Waals surface area contributed by atoms with Gasteiger partial charge in [0.25, 0.3) is 0 Å². The second kappa shape index (κ2) is 7.53. The number of hydrogen-bond donors (Lipinski definition) is 3. The van der Waals surface area contributed by atoms with Gasteiger partial charge in [-0.15, -0.1) is 0 Å². The van der Waals surface area contributed by atoms with Crippen LogP contribution >= 0.6 is 11.3 Å². The highest BCUT2D eigenvalue weighted by Gasteiger charge is 2.37. The van der Waals surface area contributed by atoms with E-state index in [9.17, 15) is 15.0 Å². The standard InChI is InChI=1S/C19H19N5O3S/c1-11-5-6-20-17(7-11)23-16-4-2-3-13(22-16)15-9-21-19(28-15)24-10-12(25)8-14(24)18(26)27/h2-7,9,12,14,25H,8,10H2,1H3,(H,26,27)(H,20,22,23)/t12-,14+/m1/s1. The predicted molar refractivity (Wildman–Crippen MR) is 107 cm³/mol. The number of carboxylic acid groups (broad SMARTS) is 1. The summed E-state index contributed by atoms with van der Waals surface area (Å²) in [6.45, 7) is 2.26. The Hall–Kier alpha value is -3.04. The van der Waals surface area contributed by atoms with Gasteiger partial charge in [-0.05, 0) is 36.8 Å². The Bertz CT molecular complexity index is 1010. The van der Waals surface area contributed by atoms with E-state index >= 15 is 0 Å². The highest BCUT2D eigenvalue weighted by molar-refractivity contribution is 7.18. The van der Waals surface area contributed by atoms with E-state index in [1.54, 1.807) is 17.3 Å². The predicted octanol–water partition coefficient (Wildman–Crippen LogP) is 2.68. The number of rotatable bonds is 5. The van der Waals surface area contributed by atoms with Crippen LogP contribution in [0.3, 0.4) is 0 Å². The molecule has 1 fully saturated rings. The second-order valence-corrected chi connectivity index (χ2v) is 7.66. The van der Waals surface area contributed by atoms with Crippen LogP contribution in [-0.2, 0) is 4.79 Å². The van der Waals surface area contributed by atoms with Crippen LogP contribution in [0.4, 0.5) is 16.8 Å². The Balaban J connectivity index is 1.56. The summed E-state index contributed by atoms with van der Waals surface area (Å²) in [4.78, 5) is 27.2. The van der Waals surface area contributed by atoms with E-state index in [-0.39, 0.29) is 13.0 Å². The molecule has 2 atom stereocenters. The van der Waals surface area contributed by atoms with Crippen molar-refractivity contribution in [2.75, 3.05) is 16.8 Å². The van der Waals surface area contributed by atoms with E-state index in [4.69, 9.17) is 0 Å². The fourth-order valence-electron chi connectivity index (χ4n) is 3.15. The lowest BCUT2D eigenvalue weighted by atomic mass is 10.2. The van der Waals surface area contributed by atoms with E-state index < -0.39 is 18.1 Å². The number of thiazole rings is 1. The van der Waals surface area contributed by atoms with Gasteiger partial charge in [-0.3, -0.25) is 0 Å². The van der Waals surface area contributed by atoms with Gasteiger partial charge in [0.05, 0.1) is 16.7 Å². The van der Waals surface area contributed by atoms with Crippen LogP contribution in [0.2, 0.25) is 0 Å². The van der Waals surface area contributed by atoms with Gasteiger partial charge in [0.15, 0.2) is 5.13 Å². The molecule has 8 nitrogen and oxygen atoms in total. The van der Waals surface area contributed by atoms with E-state index in [2.05, 4.69) is 20.3 Å². The Morgan fingerprint density at radius 1 is 1.29 bits per heavy atom. The van der Waals surface area contributed by atoms with Crippen molar-refractivity contribution in [2.24, 2.45) is 0 Å². The van der Waals surface area contributed by atoms with Gasteiger partial charge in [0.2, 0.25) is 0 Å². The highest BCUT2D eigenvalue weighted by atomic mass is 32.1. The molecular weight excluding hydrogens is 378 g/mol. The van der Waals surface area contributed by atoms with E-state index in [0.29, 0.717) is 16.8 Å². The van der Waals surface area contributed by atoms with Crippen LogP contribution in [-0.4, -0.2) is 49.8 Å². The molecule has 0 aliphatic carbocycles. The highest BCUT2D eigenvalue weighted by Crippen LogP contribution is 2.34. The van der Waals surface area contributed by atoms with Gasteiger partial charge in [-0.1, -0.05) is 17.4 Å². The number of aliphatic hydroxyl groups is 1. The fourth-order valence-corrected chi connectivity index (χ4v) is 4.10. The largest absolute Gasteiger partial charge is 0.480 e. The van der Waals surface area contributed by atoms with Crippen molar-refractivity contribution in [1.29, 1.82) is 0 Å². The van der Waals surface area contributed by atoms with Crippen LogP contribution in [0.15, 0.2) is 42.7 Å². The first-order valence-corrected chi connectivity index (χ1v) is 9.62. The molecule has 144 valence electrons. The lowest BCUT2D eigenvalue weighted by molar-refractivity contribution is -0.138. The summed E-state index contributed by atoms with van der Waals surface area (Å²) in [5.41, 5.74) is 1.83. The van der Waals surface area contributed by atoms with Crippen molar-refractivity contribution in [3.63, 3.8) is 0 Å². The summed E-state index contributed by atoms with van der Waals surface area (Å²) in [5.74, 6) is 0.416. The third kappa shape index (κ3) is 3.80. The summed E-state index contributed by atoms with van der Waals surface area (Å²) in [5, 5.41) is 23.0. The minimum absolute atomic E-state index is 0.200. The average Bonchev–Trinajstić information content (AvgIpc) is 3.28. The number of aromatic nitrogens is 3. The minimum Gasteiger partial charge on any atom is -0.480 e. The molecular formula is C19H19N5O3S. The lowest BCUT2D eigenvalue weighted by Gasteiger charge is -2.19. The van der Waals surface area contributed by atoms with Crippen LogP contribution in [0.1, 0.15) is 12.0 Å². The molecule has 9 heteroatoms. The molecule has 3 aromatic rings. The molecule has 4 heterocycles. The molecule has 0 aromatic carbocycles. The van der Waals surface area contributed by atoms with E-state index in [1.807, 2.05) is 37.3 Å². The number of aliphatic carboxylic acids is 1. The monoisotopic (exact) mass is 397 g/mol. The first-order chi connectivity index (χ1) is 13.5. The van der Waals surface area contributed by atoms with Crippen LogP contribution in [0, 0.1) is 6.92 Å². The number of nitrogens with one attached hydrogen (secondary N) is 1. The topological polar surface area (TPSA) is 111 Å². The Kier molecular flexibility index (Phi) is 4.93. The number of aryl methyl sites for hydroxylation is 1. The van der Waals surface area contributed by atoms with Crippen molar-refractivity contribution < 1.29 is 15.0 Å². The number of carboxylic acids is 1. The summed E-state index contributed by atoms with van der Waals surface area (Å²) >= 11 is 1.36. The molecule has 1 saturated heterocycles. The van der Waals surface area contributed by atoms with Crippen molar-refractivity contribution in [2.45, 2.75) is 25.5 Å². The molecule has 0 radical (unpaired) electrons. The molecule has 0 amide bonds. The molecule has 3 N–H and O–H groups in total.